The third-order valence-electron chi connectivity index (χ3n) is 2.83. The zero-order chi connectivity index (χ0) is 11.1. The Kier molecular flexibility index (Phi) is 2.04. The Morgan fingerprint density at radius 3 is 2.31 bits per heavy atom. The maximum atomic E-state index is 9.80. The minimum Gasteiger partial charge on any atom is -0.507 e. The zero-order valence-electron chi connectivity index (χ0n) is 8.51. The predicted octanol–water partition coefficient (Wildman–Crippen LogP) is 3.99. The predicted molar refractivity (Wildman–Crippen MR) is 70.4 cm³/mol. The van der Waals surface area contributed by atoms with Crippen LogP contribution in [0.25, 0.3) is 21.5 Å². The number of phenols is 1. The first-order chi connectivity index (χ1) is 7.75. The minimum absolute atomic E-state index is 0.316. The first-order valence-electron chi connectivity index (χ1n) is 5.09. The van der Waals surface area contributed by atoms with Gasteiger partial charge in [-0.3, -0.25) is 0 Å². The molecule has 0 spiro atoms. The van der Waals surface area contributed by atoms with Crippen LogP contribution in [0.5, 0.6) is 5.75 Å². The number of thiol groups is 1. The van der Waals surface area contributed by atoms with Gasteiger partial charge in [-0.2, -0.15) is 0 Å². The highest BCUT2D eigenvalue weighted by Crippen LogP contribution is 2.31. The first-order valence-corrected chi connectivity index (χ1v) is 5.54. The molecule has 0 radical (unpaired) electrons. The normalized spacial score (nSPS) is 11.1. The van der Waals surface area contributed by atoms with Crippen molar-refractivity contribution in [1.82, 2.24) is 0 Å². The molecule has 0 saturated carbocycles. The molecular weight excluding hydrogens is 216 g/mol. The third-order valence-corrected chi connectivity index (χ3v) is 3.22. The van der Waals surface area contributed by atoms with Gasteiger partial charge in [-0.15, -0.1) is 12.6 Å². The van der Waals surface area contributed by atoms with Gasteiger partial charge in [0.05, 0.1) is 0 Å². The summed E-state index contributed by atoms with van der Waals surface area (Å²) in [5.74, 6) is 0.316. The molecule has 0 amide bonds. The highest BCUT2D eigenvalue weighted by atomic mass is 32.1. The largest absolute Gasteiger partial charge is 0.507 e. The van der Waals surface area contributed by atoms with Crippen LogP contribution in [0, 0.1) is 0 Å². The molecule has 3 aromatic rings. The molecule has 0 saturated heterocycles. The van der Waals surface area contributed by atoms with Crippen molar-refractivity contribution < 1.29 is 5.11 Å². The minimum atomic E-state index is 0.316. The van der Waals surface area contributed by atoms with E-state index < -0.39 is 0 Å². The van der Waals surface area contributed by atoms with E-state index in [1.54, 1.807) is 6.07 Å². The second-order valence-electron chi connectivity index (χ2n) is 3.85. The average Bonchev–Trinajstić information content (AvgIpc) is 2.28. The number of hydrogen-bond acceptors (Lipinski definition) is 2. The van der Waals surface area contributed by atoms with Crippen molar-refractivity contribution in [3.8, 4) is 5.75 Å². The summed E-state index contributed by atoms with van der Waals surface area (Å²) in [7, 11) is 0. The molecule has 2 heteroatoms. The number of benzene rings is 3. The van der Waals surface area contributed by atoms with Gasteiger partial charge in [0, 0.05) is 10.3 Å². The van der Waals surface area contributed by atoms with E-state index >= 15 is 0 Å². The van der Waals surface area contributed by atoms with Gasteiger partial charge in [0.1, 0.15) is 5.75 Å². The van der Waals surface area contributed by atoms with Crippen molar-refractivity contribution in [2.45, 2.75) is 4.90 Å². The number of hydrogen-bond donors (Lipinski definition) is 2. The summed E-state index contributed by atoms with van der Waals surface area (Å²) < 4.78 is 0. The molecule has 16 heavy (non-hydrogen) atoms. The lowest BCUT2D eigenvalue weighted by molar-refractivity contribution is 0.481. The Bertz CT molecular complexity index is 632. The molecule has 0 aliphatic rings. The topological polar surface area (TPSA) is 20.2 Å². The zero-order valence-corrected chi connectivity index (χ0v) is 9.41. The van der Waals surface area contributed by atoms with Crippen molar-refractivity contribution in [3.05, 3.63) is 48.5 Å². The smallest absolute Gasteiger partial charge is 0.123 e. The maximum absolute atomic E-state index is 9.80. The third kappa shape index (κ3) is 1.34. The summed E-state index contributed by atoms with van der Waals surface area (Å²) >= 11 is 4.43. The van der Waals surface area contributed by atoms with Gasteiger partial charge in [-0.25, -0.2) is 0 Å². The van der Waals surface area contributed by atoms with Crippen LogP contribution >= 0.6 is 12.6 Å². The van der Waals surface area contributed by atoms with E-state index in [0.29, 0.717) is 5.75 Å². The van der Waals surface area contributed by atoms with Crippen LogP contribution in [-0.4, -0.2) is 5.11 Å². The Labute approximate surface area is 98.7 Å². The van der Waals surface area contributed by atoms with Crippen LogP contribution in [-0.2, 0) is 0 Å². The summed E-state index contributed by atoms with van der Waals surface area (Å²) in [5.41, 5.74) is 0. The van der Waals surface area contributed by atoms with Gasteiger partial charge < -0.3 is 5.11 Å². The maximum Gasteiger partial charge on any atom is 0.123 e. The second-order valence-corrected chi connectivity index (χ2v) is 4.33. The van der Waals surface area contributed by atoms with Gasteiger partial charge in [-0.05, 0) is 40.4 Å². The second kappa shape index (κ2) is 3.42. The molecule has 0 bridgehead atoms. The number of fused-ring (bicyclic) bond motifs is 2. The Hall–Kier alpha value is -1.67. The van der Waals surface area contributed by atoms with Crippen LogP contribution in [0.4, 0.5) is 0 Å². The molecule has 0 aromatic heterocycles. The molecule has 0 atom stereocenters. The molecule has 0 aliphatic carbocycles. The lowest BCUT2D eigenvalue weighted by atomic mass is 10.0. The van der Waals surface area contributed by atoms with E-state index in [9.17, 15) is 5.11 Å². The summed E-state index contributed by atoms with van der Waals surface area (Å²) in [5, 5.41) is 13.9. The summed E-state index contributed by atoms with van der Waals surface area (Å²) in [6.45, 7) is 0. The fraction of sp³-hybridized carbons (Fsp3) is 0. The van der Waals surface area contributed by atoms with Crippen molar-refractivity contribution >= 4 is 34.2 Å². The molecule has 1 nitrogen and oxygen atoms in total. The van der Waals surface area contributed by atoms with E-state index in [4.69, 9.17) is 0 Å². The fourth-order valence-electron chi connectivity index (χ4n) is 2.02. The number of phenolic OH excluding ortho intramolecular Hbond substituents is 1. The van der Waals surface area contributed by atoms with Gasteiger partial charge in [0.25, 0.3) is 0 Å². The van der Waals surface area contributed by atoms with Crippen molar-refractivity contribution in [2.75, 3.05) is 0 Å². The van der Waals surface area contributed by atoms with E-state index in [0.717, 1.165) is 26.4 Å². The van der Waals surface area contributed by atoms with Crippen LogP contribution in [0.1, 0.15) is 0 Å². The molecule has 3 rings (SSSR count). The Balaban J connectivity index is 2.55. The molecule has 78 valence electrons. The molecule has 1 N–H and O–H groups in total. The van der Waals surface area contributed by atoms with Gasteiger partial charge in [0.15, 0.2) is 0 Å². The Morgan fingerprint density at radius 1 is 0.812 bits per heavy atom. The standard InChI is InChI=1S/C14H10OS/c15-13-5-1-3-9-7-10-4-2-6-14(16)12(10)8-11(9)13/h1-8,15-16H. The van der Waals surface area contributed by atoms with E-state index in [1.165, 1.54) is 0 Å². The van der Waals surface area contributed by atoms with Gasteiger partial charge >= 0.3 is 0 Å². The lowest BCUT2D eigenvalue weighted by Gasteiger charge is -2.05. The van der Waals surface area contributed by atoms with E-state index in [1.807, 2.05) is 30.3 Å². The van der Waals surface area contributed by atoms with Crippen molar-refractivity contribution in [2.24, 2.45) is 0 Å². The van der Waals surface area contributed by atoms with Gasteiger partial charge in [-0.1, -0.05) is 24.3 Å². The molecular formula is C14H10OS. The SMILES string of the molecule is Oc1cccc2cc3cccc(S)c3cc12. The van der Waals surface area contributed by atoms with Crippen LogP contribution in [0.15, 0.2) is 53.4 Å². The monoisotopic (exact) mass is 226 g/mol. The highest BCUT2D eigenvalue weighted by molar-refractivity contribution is 7.80. The quantitative estimate of drug-likeness (QED) is 0.438. The first kappa shape index (κ1) is 9.55. The Morgan fingerprint density at radius 2 is 1.50 bits per heavy atom. The van der Waals surface area contributed by atoms with Crippen LogP contribution in [0.3, 0.4) is 0 Å². The summed E-state index contributed by atoms with van der Waals surface area (Å²) in [6.07, 6.45) is 0. The molecule has 0 aliphatic heterocycles. The summed E-state index contributed by atoms with van der Waals surface area (Å²) in [6, 6.07) is 15.6. The van der Waals surface area contributed by atoms with Crippen molar-refractivity contribution in [3.63, 3.8) is 0 Å². The van der Waals surface area contributed by atoms with E-state index in [2.05, 4.69) is 24.8 Å². The lowest BCUT2D eigenvalue weighted by Crippen LogP contribution is -1.78. The summed E-state index contributed by atoms with van der Waals surface area (Å²) in [4.78, 5) is 0.933. The molecule has 0 unspecified atom stereocenters. The molecule has 3 aromatic carbocycles. The van der Waals surface area contributed by atoms with Crippen LogP contribution in [0.2, 0.25) is 0 Å². The average molecular weight is 226 g/mol. The fourth-order valence-corrected chi connectivity index (χ4v) is 2.30. The number of aromatic hydroxyl groups is 1. The van der Waals surface area contributed by atoms with Crippen LogP contribution < -0.4 is 0 Å². The van der Waals surface area contributed by atoms with E-state index in [-0.39, 0.29) is 0 Å². The van der Waals surface area contributed by atoms with Crippen molar-refractivity contribution in [1.29, 1.82) is 0 Å². The number of rotatable bonds is 0. The highest BCUT2D eigenvalue weighted by Gasteiger charge is 2.03. The molecule has 0 heterocycles. The van der Waals surface area contributed by atoms with Gasteiger partial charge in [0.2, 0.25) is 0 Å². The molecule has 0 fully saturated rings.